The van der Waals surface area contributed by atoms with Crippen LogP contribution < -0.4 is 0 Å². The van der Waals surface area contributed by atoms with Crippen molar-refractivity contribution in [2.75, 3.05) is 7.11 Å². The highest BCUT2D eigenvalue weighted by Crippen LogP contribution is 2.20. The van der Waals surface area contributed by atoms with Gasteiger partial charge in [0.2, 0.25) is 0 Å². The van der Waals surface area contributed by atoms with Crippen LogP contribution in [0.3, 0.4) is 0 Å². The molecule has 2 atom stereocenters. The lowest BCUT2D eigenvalue weighted by molar-refractivity contribution is -0.134. The number of allylic oxidation sites excluding steroid dienone is 3. The van der Waals surface area contributed by atoms with E-state index in [2.05, 4.69) is 38.5 Å². The Hall–Kier alpha value is -1.05. The number of esters is 1. The first-order valence-electron chi connectivity index (χ1n) is 7.79. The van der Waals surface area contributed by atoms with E-state index in [1.165, 1.54) is 32.4 Å². The largest absolute Gasteiger partial charge is 0.466 e. The molecule has 0 aromatic heterocycles. The van der Waals surface area contributed by atoms with Crippen molar-refractivity contribution in [3.63, 3.8) is 0 Å². The van der Waals surface area contributed by atoms with Gasteiger partial charge in [0.05, 0.1) is 7.11 Å². The second kappa shape index (κ2) is 10.7. The van der Waals surface area contributed by atoms with E-state index in [0.717, 1.165) is 23.8 Å². The molecule has 0 saturated heterocycles. The predicted molar refractivity (Wildman–Crippen MR) is 86.5 cm³/mol. The van der Waals surface area contributed by atoms with E-state index in [9.17, 15) is 4.79 Å². The van der Waals surface area contributed by atoms with Crippen LogP contribution in [0.1, 0.15) is 60.3 Å². The van der Waals surface area contributed by atoms with Crippen molar-refractivity contribution in [2.45, 2.75) is 60.3 Å². The molecule has 2 nitrogen and oxygen atoms in total. The topological polar surface area (TPSA) is 26.3 Å². The number of rotatable bonds is 9. The number of carbonyl (C=O) groups is 1. The zero-order valence-corrected chi connectivity index (χ0v) is 14.1. The summed E-state index contributed by atoms with van der Waals surface area (Å²) in [4.78, 5) is 11.0. The van der Waals surface area contributed by atoms with Crippen molar-refractivity contribution in [1.82, 2.24) is 0 Å². The monoisotopic (exact) mass is 280 g/mol. The Bertz CT molecular complexity index is 326. The first-order chi connectivity index (χ1) is 9.36. The Morgan fingerprint density at radius 1 is 1.15 bits per heavy atom. The molecule has 0 bridgehead atoms. The van der Waals surface area contributed by atoms with Crippen LogP contribution in [0.25, 0.3) is 0 Å². The van der Waals surface area contributed by atoms with Crippen LogP contribution in [-0.2, 0) is 9.53 Å². The van der Waals surface area contributed by atoms with Gasteiger partial charge in [0, 0.05) is 6.08 Å². The fraction of sp³-hybridized carbons (Fsp3) is 0.722. The highest BCUT2D eigenvalue weighted by Gasteiger charge is 2.07. The summed E-state index contributed by atoms with van der Waals surface area (Å²) in [7, 11) is 1.40. The second-order valence-corrected chi connectivity index (χ2v) is 6.31. The van der Waals surface area contributed by atoms with Crippen molar-refractivity contribution in [3.8, 4) is 0 Å². The quantitative estimate of drug-likeness (QED) is 0.331. The van der Waals surface area contributed by atoms with Gasteiger partial charge in [-0.05, 0) is 36.7 Å². The van der Waals surface area contributed by atoms with Crippen molar-refractivity contribution < 1.29 is 9.53 Å². The van der Waals surface area contributed by atoms with Crippen molar-refractivity contribution in [3.05, 3.63) is 23.8 Å². The minimum Gasteiger partial charge on any atom is -0.466 e. The molecule has 0 aliphatic heterocycles. The van der Waals surface area contributed by atoms with Gasteiger partial charge in [-0.15, -0.1) is 0 Å². The highest BCUT2D eigenvalue weighted by molar-refractivity contribution is 5.83. The lowest BCUT2D eigenvalue weighted by Crippen LogP contribution is -2.04. The minimum absolute atomic E-state index is 0.289. The summed E-state index contributed by atoms with van der Waals surface area (Å²) in [5.41, 5.74) is 0.942. The van der Waals surface area contributed by atoms with Crippen LogP contribution in [0, 0.1) is 17.8 Å². The fourth-order valence-corrected chi connectivity index (χ4v) is 2.02. The molecule has 0 heterocycles. The molecular weight excluding hydrogens is 248 g/mol. The van der Waals surface area contributed by atoms with Gasteiger partial charge in [0.25, 0.3) is 0 Å². The molecule has 2 heteroatoms. The number of hydrogen-bond donors (Lipinski definition) is 0. The molecule has 0 spiro atoms. The van der Waals surface area contributed by atoms with Gasteiger partial charge in [-0.2, -0.15) is 0 Å². The summed E-state index contributed by atoms with van der Waals surface area (Å²) in [6.45, 7) is 11.2. The summed E-state index contributed by atoms with van der Waals surface area (Å²) in [5, 5.41) is 0. The molecule has 0 radical (unpaired) electrons. The van der Waals surface area contributed by atoms with Gasteiger partial charge in [0.1, 0.15) is 0 Å². The van der Waals surface area contributed by atoms with E-state index >= 15 is 0 Å². The van der Waals surface area contributed by atoms with E-state index in [1.54, 1.807) is 0 Å². The Morgan fingerprint density at radius 2 is 1.80 bits per heavy atom. The lowest BCUT2D eigenvalue weighted by Gasteiger charge is -2.16. The van der Waals surface area contributed by atoms with Crippen LogP contribution >= 0.6 is 0 Å². The minimum atomic E-state index is -0.289. The summed E-state index contributed by atoms with van der Waals surface area (Å²) < 4.78 is 4.59. The molecule has 0 aromatic rings. The zero-order chi connectivity index (χ0) is 15.5. The first-order valence-corrected chi connectivity index (χ1v) is 7.79. The van der Waals surface area contributed by atoms with Crippen LogP contribution in [0.2, 0.25) is 0 Å². The number of carbonyl (C=O) groups excluding carboxylic acids is 1. The third-order valence-electron chi connectivity index (χ3n) is 3.96. The molecule has 0 amide bonds. The normalized spacial score (nSPS) is 15.7. The summed E-state index contributed by atoms with van der Waals surface area (Å²) >= 11 is 0. The van der Waals surface area contributed by atoms with E-state index in [4.69, 9.17) is 0 Å². The maximum atomic E-state index is 11.0. The SMILES string of the molecule is COC(=O)C=C(C)C=CCC(C)CCCC(C)C(C)C. The third kappa shape index (κ3) is 9.82. The zero-order valence-electron chi connectivity index (χ0n) is 14.1. The van der Waals surface area contributed by atoms with Gasteiger partial charge in [0.15, 0.2) is 0 Å². The summed E-state index contributed by atoms with van der Waals surface area (Å²) in [5.74, 6) is 2.03. The van der Waals surface area contributed by atoms with Crippen molar-refractivity contribution in [1.29, 1.82) is 0 Å². The first kappa shape index (κ1) is 18.9. The molecular formula is C18H32O2. The van der Waals surface area contributed by atoms with E-state index < -0.39 is 0 Å². The van der Waals surface area contributed by atoms with Gasteiger partial charge >= 0.3 is 5.97 Å². The Morgan fingerprint density at radius 3 is 2.35 bits per heavy atom. The molecule has 0 aliphatic rings. The van der Waals surface area contributed by atoms with Crippen LogP contribution in [-0.4, -0.2) is 13.1 Å². The number of methoxy groups -OCH3 is 1. The van der Waals surface area contributed by atoms with Crippen LogP contribution in [0.4, 0.5) is 0 Å². The summed E-state index contributed by atoms with van der Waals surface area (Å²) in [6, 6.07) is 0. The van der Waals surface area contributed by atoms with E-state index in [0.29, 0.717) is 5.92 Å². The van der Waals surface area contributed by atoms with E-state index in [1.807, 2.05) is 13.0 Å². The lowest BCUT2D eigenvalue weighted by atomic mass is 9.90. The van der Waals surface area contributed by atoms with Gasteiger partial charge in [-0.1, -0.05) is 59.1 Å². The molecule has 0 aromatic carbocycles. The molecule has 116 valence electrons. The molecule has 2 unspecified atom stereocenters. The molecule has 0 aliphatic carbocycles. The molecule has 0 rings (SSSR count). The molecule has 20 heavy (non-hydrogen) atoms. The number of hydrogen-bond acceptors (Lipinski definition) is 2. The fourth-order valence-electron chi connectivity index (χ4n) is 2.02. The third-order valence-corrected chi connectivity index (χ3v) is 3.96. The average molecular weight is 280 g/mol. The maximum absolute atomic E-state index is 11.0. The highest BCUT2D eigenvalue weighted by atomic mass is 16.5. The molecule has 0 N–H and O–H groups in total. The van der Waals surface area contributed by atoms with E-state index in [-0.39, 0.29) is 5.97 Å². The summed E-state index contributed by atoms with van der Waals surface area (Å²) in [6.07, 6.45) is 10.7. The smallest absolute Gasteiger partial charge is 0.330 e. The predicted octanol–water partition coefficient (Wildman–Crippen LogP) is 5.15. The second-order valence-electron chi connectivity index (χ2n) is 6.31. The van der Waals surface area contributed by atoms with Crippen LogP contribution in [0.5, 0.6) is 0 Å². The standard InChI is InChI=1S/C18H32O2/c1-14(2)17(5)12-8-10-15(3)9-7-11-16(4)13-18(19)20-6/h7,11,13-15,17H,8-10,12H2,1-6H3. The average Bonchev–Trinajstić information content (AvgIpc) is 2.38. The Kier molecular flexibility index (Phi) is 10.1. The molecule has 0 fully saturated rings. The maximum Gasteiger partial charge on any atom is 0.330 e. The van der Waals surface area contributed by atoms with Gasteiger partial charge < -0.3 is 4.74 Å². The van der Waals surface area contributed by atoms with Gasteiger partial charge in [-0.25, -0.2) is 4.79 Å². The number of ether oxygens (including phenoxy) is 1. The Labute approximate surface area is 125 Å². The van der Waals surface area contributed by atoms with Crippen molar-refractivity contribution in [2.24, 2.45) is 17.8 Å². The van der Waals surface area contributed by atoms with Crippen LogP contribution in [0.15, 0.2) is 23.8 Å². The molecule has 0 saturated carbocycles. The van der Waals surface area contributed by atoms with Crippen molar-refractivity contribution >= 4 is 5.97 Å². The van der Waals surface area contributed by atoms with Gasteiger partial charge in [-0.3, -0.25) is 0 Å². The Balaban J connectivity index is 3.90.